The number of aromatic nitrogens is 2. The van der Waals surface area contributed by atoms with Gasteiger partial charge in [-0.15, -0.1) is 22.0 Å². The third-order valence-electron chi connectivity index (χ3n) is 3.84. The fourth-order valence-electron chi connectivity index (χ4n) is 2.59. The van der Waals surface area contributed by atoms with Crippen LogP contribution >= 0.6 is 23.1 Å². The summed E-state index contributed by atoms with van der Waals surface area (Å²) in [6, 6.07) is -0.479. The molecule has 3 rings (SSSR count). The number of carbonyl (C=O) groups is 2. The molecule has 0 spiro atoms. The maximum absolute atomic E-state index is 12.4. The van der Waals surface area contributed by atoms with Gasteiger partial charge in [0.2, 0.25) is 17.4 Å². The summed E-state index contributed by atoms with van der Waals surface area (Å²) in [5, 5.41) is 12.1. The Bertz CT molecular complexity index is 571. The highest BCUT2D eigenvalue weighted by molar-refractivity contribution is 8.00. The zero-order valence-electron chi connectivity index (χ0n) is 12.4. The van der Waals surface area contributed by atoms with Crippen molar-refractivity contribution < 1.29 is 14.3 Å². The Morgan fingerprint density at radius 2 is 2.32 bits per heavy atom. The van der Waals surface area contributed by atoms with Crippen LogP contribution in [-0.4, -0.2) is 50.7 Å². The normalized spacial score (nSPS) is 27.1. The van der Waals surface area contributed by atoms with E-state index in [1.807, 2.05) is 13.8 Å². The Morgan fingerprint density at radius 3 is 3.00 bits per heavy atom. The molecule has 2 aliphatic rings. The maximum Gasteiger partial charge on any atom is 0.249 e. The summed E-state index contributed by atoms with van der Waals surface area (Å²) in [5.41, 5.74) is 0. The SMILES string of the molecule is CC1(C)SCC(C(=O)Nc2nnc(C3CCCO3)s2)N1C=O. The molecule has 0 aromatic carbocycles. The van der Waals surface area contributed by atoms with Crippen LogP contribution in [-0.2, 0) is 14.3 Å². The third kappa shape index (κ3) is 2.97. The van der Waals surface area contributed by atoms with Gasteiger partial charge >= 0.3 is 0 Å². The molecule has 2 unspecified atom stereocenters. The van der Waals surface area contributed by atoms with Crippen molar-refractivity contribution in [2.75, 3.05) is 17.7 Å². The van der Waals surface area contributed by atoms with Crippen LogP contribution in [0.15, 0.2) is 0 Å². The van der Waals surface area contributed by atoms with Crippen molar-refractivity contribution in [3.63, 3.8) is 0 Å². The van der Waals surface area contributed by atoms with Crippen LogP contribution in [0.2, 0.25) is 0 Å². The first kappa shape index (κ1) is 15.7. The summed E-state index contributed by atoms with van der Waals surface area (Å²) in [6.07, 6.45) is 2.70. The van der Waals surface area contributed by atoms with Gasteiger partial charge in [-0.2, -0.15) is 0 Å². The third-order valence-corrected chi connectivity index (χ3v) is 6.17. The Labute approximate surface area is 136 Å². The zero-order valence-corrected chi connectivity index (χ0v) is 14.1. The Hall–Kier alpha value is -1.19. The highest BCUT2D eigenvalue weighted by Crippen LogP contribution is 2.38. The molecule has 0 bridgehead atoms. The molecule has 3 heterocycles. The second kappa shape index (κ2) is 6.13. The molecule has 0 saturated carbocycles. The summed E-state index contributed by atoms with van der Waals surface area (Å²) in [7, 11) is 0. The van der Waals surface area contributed by atoms with E-state index in [0.29, 0.717) is 10.9 Å². The molecule has 7 nitrogen and oxygen atoms in total. The molecule has 120 valence electrons. The van der Waals surface area contributed by atoms with Crippen LogP contribution < -0.4 is 5.32 Å². The number of hydrogen-bond acceptors (Lipinski definition) is 7. The lowest BCUT2D eigenvalue weighted by molar-refractivity contribution is -0.130. The number of amides is 2. The van der Waals surface area contributed by atoms with E-state index in [1.165, 1.54) is 11.3 Å². The second-order valence-electron chi connectivity index (χ2n) is 5.72. The van der Waals surface area contributed by atoms with Crippen LogP contribution in [0.5, 0.6) is 0 Å². The minimum absolute atomic E-state index is 0.00408. The average molecular weight is 342 g/mol. The molecule has 2 atom stereocenters. The molecular weight excluding hydrogens is 324 g/mol. The van der Waals surface area contributed by atoms with Crippen molar-refractivity contribution in [3.8, 4) is 0 Å². The minimum Gasteiger partial charge on any atom is -0.371 e. The minimum atomic E-state index is -0.479. The van der Waals surface area contributed by atoms with E-state index in [4.69, 9.17) is 4.74 Å². The van der Waals surface area contributed by atoms with Gasteiger partial charge in [-0.25, -0.2) is 0 Å². The fourth-order valence-corrected chi connectivity index (χ4v) is 4.62. The summed E-state index contributed by atoms with van der Waals surface area (Å²) in [5.74, 6) is 0.356. The van der Waals surface area contributed by atoms with E-state index >= 15 is 0 Å². The molecule has 2 fully saturated rings. The van der Waals surface area contributed by atoms with Crippen molar-refractivity contribution in [1.82, 2.24) is 15.1 Å². The Balaban J connectivity index is 1.65. The first-order valence-corrected chi connectivity index (χ1v) is 8.95. The summed E-state index contributed by atoms with van der Waals surface area (Å²) in [6.45, 7) is 4.61. The number of nitrogens with zero attached hydrogens (tertiary/aromatic N) is 3. The number of hydrogen-bond donors (Lipinski definition) is 1. The van der Waals surface area contributed by atoms with Crippen molar-refractivity contribution >= 4 is 40.5 Å². The van der Waals surface area contributed by atoms with Crippen LogP contribution in [0.3, 0.4) is 0 Å². The zero-order chi connectivity index (χ0) is 15.7. The number of nitrogens with one attached hydrogen (secondary N) is 1. The lowest BCUT2D eigenvalue weighted by atomic mass is 10.2. The molecule has 2 aliphatic heterocycles. The van der Waals surface area contributed by atoms with E-state index in [-0.39, 0.29) is 16.9 Å². The number of rotatable bonds is 4. The topological polar surface area (TPSA) is 84.4 Å². The largest absolute Gasteiger partial charge is 0.371 e. The number of carbonyl (C=O) groups excluding carboxylic acids is 2. The molecule has 1 aromatic rings. The van der Waals surface area contributed by atoms with Crippen molar-refractivity contribution in [3.05, 3.63) is 5.01 Å². The Morgan fingerprint density at radius 1 is 1.50 bits per heavy atom. The summed E-state index contributed by atoms with van der Waals surface area (Å²) < 4.78 is 5.56. The van der Waals surface area contributed by atoms with E-state index in [9.17, 15) is 9.59 Å². The van der Waals surface area contributed by atoms with E-state index < -0.39 is 6.04 Å². The van der Waals surface area contributed by atoms with Gasteiger partial charge in [0.1, 0.15) is 17.2 Å². The van der Waals surface area contributed by atoms with Crippen LogP contribution in [0.4, 0.5) is 5.13 Å². The monoisotopic (exact) mass is 342 g/mol. The van der Waals surface area contributed by atoms with Crippen LogP contribution in [0.25, 0.3) is 0 Å². The summed E-state index contributed by atoms with van der Waals surface area (Å²) in [4.78, 5) is 24.8. The van der Waals surface area contributed by atoms with Gasteiger partial charge in [0, 0.05) is 12.4 Å². The lowest BCUT2D eigenvalue weighted by Gasteiger charge is -2.29. The van der Waals surface area contributed by atoms with Crippen molar-refractivity contribution in [2.45, 2.75) is 43.7 Å². The van der Waals surface area contributed by atoms with Gasteiger partial charge < -0.3 is 9.64 Å². The van der Waals surface area contributed by atoms with E-state index in [2.05, 4.69) is 15.5 Å². The highest BCUT2D eigenvalue weighted by Gasteiger charge is 2.43. The van der Waals surface area contributed by atoms with E-state index in [0.717, 1.165) is 30.9 Å². The second-order valence-corrected chi connectivity index (χ2v) is 8.35. The van der Waals surface area contributed by atoms with E-state index in [1.54, 1.807) is 16.7 Å². The first-order chi connectivity index (χ1) is 10.5. The van der Waals surface area contributed by atoms with Gasteiger partial charge in [0.05, 0.1) is 4.87 Å². The molecule has 2 saturated heterocycles. The van der Waals surface area contributed by atoms with Gasteiger partial charge in [0.25, 0.3) is 0 Å². The predicted octanol–water partition coefficient (Wildman–Crippen LogP) is 1.64. The fraction of sp³-hybridized carbons (Fsp3) is 0.692. The maximum atomic E-state index is 12.4. The molecule has 9 heteroatoms. The average Bonchev–Trinajstić information content (AvgIpc) is 3.16. The molecule has 22 heavy (non-hydrogen) atoms. The molecule has 1 N–H and O–H groups in total. The molecule has 1 aromatic heterocycles. The van der Waals surface area contributed by atoms with Crippen molar-refractivity contribution in [2.24, 2.45) is 0 Å². The molecule has 2 amide bonds. The Kier molecular flexibility index (Phi) is 4.37. The highest BCUT2D eigenvalue weighted by atomic mass is 32.2. The predicted molar refractivity (Wildman–Crippen MR) is 84.7 cm³/mol. The number of anilines is 1. The molecule has 0 radical (unpaired) electrons. The number of ether oxygens (including phenoxy) is 1. The van der Waals surface area contributed by atoms with Crippen molar-refractivity contribution in [1.29, 1.82) is 0 Å². The summed E-state index contributed by atoms with van der Waals surface area (Å²) >= 11 is 2.92. The lowest BCUT2D eigenvalue weighted by Crippen LogP contribution is -2.47. The smallest absolute Gasteiger partial charge is 0.249 e. The van der Waals surface area contributed by atoms with Gasteiger partial charge in [-0.1, -0.05) is 11.3 Å². The van der Waals surface area contributed by atoms with Crippen LogP contribution in [0.1, 0.15) is 37.8 Å². The first-order valence-electron chi connectivity index (χ1n) is 7.15. The van der Waals surface area contributed by atoms with Gasteiger partial charge in [0.15, 0.2) is 0 Å². The van der Waals surface area contributed by atoms with Gasteiger partial charge in [-0.3, -0.25) is 14.9 Å². The number of thioether (sulfide) groups is 1. The van der Waals surface area contributed by atoms with Crippen LogP contribution in [0, 0.1) is 0 Å². The van der Waals surface area contributed by atoms with Gasteiger partial charge in [-0.05, 0) is 26.7 Å². The quantitative estimate of drug-likeness (QED) is 0.838. The molecular formula is C13H18N4O3S2. The standard InChI is InChI=1S/C13H18N4O3S2/c1-13(2)17(7-18)8(6-21-13)10(19)14-12-16-15-11(22-12)9-4-3-5-20-9/h7-9H,3-6H2,1-2H3,(H,14,16,19). The molecule has 0 aliphatic carbocycles.